The van der Waals surface area contributed by atoms with E-state index >= 15 is 0 Å². The van der Waals surface area contributed by atoms with Crippen LogP contribution >= 0.6 is 0 Å². The third kappa shape index (κ3) is 4.71. The van der Waals surface area contributed by atoms with E-state index in [1.165, 1.54) is 0 Å². The van der Waals surface area contributed by atoms with E-state index in [2.05, 4.69) is 0 Å². The highest BCUT2D eigenvalue weighted by Gasteiger charge is 2.30. The summed E-state index contributed by atoms with van der Waals surface area (Å²) in [6.07, 6.45) is 0. The van der Waals surface area contributed by atoms with Crippen LogP contribution in [-0.2, 0) is 0 Å². The van der Waals surface area contributed by atoms with Crippen molar-refractivity contribution < 1.29 is 4.42 Å². The van der Waals surface area contributed by atoms with Gasteiger partial charge in [0, 0.05) is 10.8 Å². The van der Waals surface area contributed by atoms with Gasteiger partial charge < -0.3 is 4.42 Å². The predicted octanol–water partition coefficient (Wildman–Crippen LogP) is -6.56. The van der Waals surface area contributed by atoms with Gasteiger partial charge in [-0.15, -0.1) is 38.2 Å². The highest BCUT2D eigenvalue weighted by atomic mass is 16.3. The minimum atomic E-state index is -0.0412. The fraction of sp³-hybridized carbons (Fsp3) is 0. The summed E-state index contributed by atoms with van der Waals surface area (Å²) < 4.78 is 6.33. The maximum atomic E-state index is 7.08. The molecule has 0 fully saturated rings. The lowest BCUT2D eigenvalue weighted by molar-refractivity contribution is 0.675. The monoisotopic (exact) mass is 670 g/mol. The molecule has 1 nitrogen and oxygen atoms in total. The van der Waals surface area contributed by atoms with Gasteiger partial charge in [-0.1, -0.05) is 92.2 Å². The highest BCUT2D eigenvalue weighted by molar-refractivity contribution is 6.73. The minimum absolute atomic E-state index is 0.00376. The lowest BCUT2D eigenvalue weighted by Gasteiger charge is -2.30. The van der Waals surface area contributed by atoms with Crippen LogP contribution < -0.4 is 81.9 Å². The number of fused-ring (bicyclic) bond motifs is 8. The molecule has 0 saturated carbocycles. The summed E-state index contributed by atoms with van der Waals surface area (Å²) in [5.41, 5.74) is 2.14. The van der Waals surface area contributed by atoms with Gasteiger partial charge in [-0.05, 0) is 71.4 Å². The van der Waals surface area contributed by atoms with Crippen molar-refractivity contribution >= 4 is 265 Å². The molecule has 0 N–H and O–H groups in total. The molecule has 0 bridgehead atoms. The molecule has 30 radical (unpaired) electrons. The van der Waals surface area contributed by atoms with Gasteiger partial charge in [-0.2, -0.15) is 0 Å². The van der Waals surface area contributed by atoms with Gasteiger partial charge >= 0.3 is 0 Å². The molecular weight excluding hydrogens is 659 g/mol. The van der Waals surface area contributed by atoms with E-state index in [0.29, 0.717) is 21.9 Å². The van der Waals surface area contributed by atoms with Crippen LogP contribution in [0, 0.1) is 0 Å². The largest absolute Gasteiger partial charge is 0.457 e. The van der Waals surface area contributed by atoms with Crippen molar-refractivity contribution in [2.45, 2.75) is 0 Å². The summed E-state index contributed by atoms with van der Waals surface area (Å²) in [4.78, 5) is 0. The van der Waals surface area contributed by atoms with Gasteiger partial charge in [0.1, 0.15) is 129 Å². The zero-order chi connectivity index (χ0) is 40.0. The Balaban J connectivity index is 1.68. The van der Waals surface area contributed by atoms with Crippen LogP contribution in [0.4, 0.5) is 0 Å². The molecule has 56 heavy (non-hydrogen) atoms. The average molecular weight is 668 g/mol. The summed E-state index contributed by atoms with van der Waals surface area (Å²) in [5.74, 6) is 0. The van der Waals surface area contributed by atoms with Crippen molar-refractivity contribution in [1.29, 1.82) is 0 Å². The minimum Gasteiger partial charge on any atom is -0.457 e. The Bertz CT molecular complexity index is 3230. The lowest BCUT2D eigenvalue weighted by atomic mass is 9.58. The molecule has 0 atom stereocenters. The van der Waals surface area contributed by atoms with Crippen LogP contribution in [0.2, 0.25) is 0 Å². The van der Waals surface area contributed by atoms with Crippen molar-refractivity contribution in [3.63, 3.8) is 0 Å². The van der Waals surface area contributed by atoms with Gasteiger partial charge in [0.25, 0.3) is 0 Å². The van der Waals surface area contributed by atoms with Crippen molar-refractivity contribution in [2.75, 3.05) is 0 Å². The molecule has 9 rings (SSSR count). The molecule has 0 saturated heterocycles. The summed E-state index contributed by atoms with van der Waals surface area (Å²) in [5, 5.41) is 5.52. The fourth-order valence-electron chi connectivity index (χ4n) is 8.38. The predicted molar refractivity (Wildman–Crippen MR) is 255 cm³/mol. The van der Waals surface area contributed by atoms with E-state index in [1.807, 2.05) is 54.6 Å². The SMILES string of the molecule is [B]c1c([B])c([B])c2c(oc3c([B])c([B])c([B])c(-c4c5c([B])c([B])c([B])c([B])c5c(-c5cc6ccccc6c6ccccc56)c5c([B])c([B])c([B])c([B])c45)c32)c1[B]. The quantitative estimate of drug-likeness (QED) is 0.102. The number of rotatable bonds is 2. The van der Waals surface area contributed by atoms with Gasteiger partial charge in [-0.3, -0.25) is 0 Å². The molecule has 0 unspecified atom stereocenters. The van der Waals surface area contributed by atoms with Gasteiger partial charge in [0.05, 0.1) is 0 Å². The molecule has 0 aliphatic carbocycles. The van der Waals surface area contributed by atoms with Crippen LogP contribution in [0.1, 0.15) is 0 Å². The van der Waals surface area contributed by atoms with Gasteiger partial charge in [0.15, 0.2) is 0 Å². The lowest BCUT2D eigenvalue weighted by Crippen LogP contribution is -2.50. The van der Waals surface area contributed by atoms with Crippen LogP contribution in [0.15, 0.2) is 59.0 Å². The van der Waals surface area contributed by atoms with Crippen molar-refractivity contribution in [3.8, 4) is 22.3 Å². The summed E-state index contributed by atoms with van der Waals surface area (Å²) in [6, 6.07) is 17.9. The topological polar surface area (TPSA) is 13.1 Å². The molecule has 8 aromatic carbocycles. The third-order valence-electron chi connectivity index (χ3n) is 11.2. The Kier molecular flexibility index (Phi) is 8.49. The molecule has 1 heterocycles. The molecule has 220 valence electrons. The molecule has 1 aromatic heterocycles. The number of furan rings is 1. The smallest absolute Gasteiger partial charge is 0.128 e. The summed E-state index contributed by atoms with van der Waals surface area (Å²) in [6.45, 7) is 0. The Hall–Kier alpha value is -4.43. The molecule has 0 aliphatic rings. The van der Waals surface area contributed by atoms with Gasteiger partial charge in [-0.25, -0.2) is 0 Å². The highest BCUT2D eigenvalue weighted by Crippen LogP contribution is 2.45. The summed E-state index contributed by atoms with van der Waals surface area (Å²) in [7, 11) is 101. The molecular formula is C40H9B15O. The first-order chi connectivity index (χ1) is 26.6. The standard InChI is InChI=1S/C40H9B15O/c41-24-17-15(14-9-10-5-1-2-6-11(10)12-7-3-4-8-13(12)14)18-20(27(44)33(50)31(48)25(18)42)16(19(17)26(43)32(49)30(24)47)21-22-23-29(46)34(51)36(53)38(55)40(23)56-39(22)37(54)35(52)28(21)45/h1-9H. The zero-order valence-corrected chi connectivity index (χ0v) is 29.8. The van der Waals surface area contributed by atoms with Gasteiger partial charge in [0.2, 0.25) is 0 Å². The summed E-state index contributed by atoms with van der Waals surface area (Å²) >= 11 is 0. The average Bonchev–Trinajstić information content (AvgIpc) is 3.60. The van der Waals surface area contributed by atoms with Crippen LogP contribution in [0.3, 0.4) is 0 Å². The number of hydrogen-bond acceptors (Lipinski definition) is 1. The maximum absolute atomic E-state index is 7.08. The van der Waals surface area contributed by atoms with Crippen molar-refractivity contribution in [2.24, 2.45) is 0 Å². The van der Waals surface area contributed by atoms with E-state index in [9.17, 15) is 0 Å². The third-order valence-corrected chi connectivity index (χ3v) is 11.2. The van der Waals surface area contributed by atoms with E-state index in [1.54, 1.807) is 0 Å². The zero-order valence-electron chi connectivity index (χ0n) is 29.8. The van der Waals surface area contributed by atoms with E-state index in [-0.39, 0.29) is 126 Å². The Morgan fingerprint density at radius 3 is 1.18 bits per heavy atom. The molecule has 0 amide bonds. The first kappa shape index (κ1) is 37.2. The van der Waals surface area contributed by atoms with Crippen LogP contribution in [-0.4, -0.2) is 118 Å². The maximum Gasteiger partial charge on any atom is 0.128 e. The van der Waals surface area contributed by atoms with Crippen molar-refractivity contribution in [3.05, 3.63) is 54.6 Å². The van der Waals surface area contributed by atoms with E-state index in [0.717, 1.165) is 21.5 Å². The van der Waals surface area contributed by atoms with E-state index < -0.39 is 0 Å². The first-order valence-electron chi connectivity index (χ1n) is 17.2. The normalized spacial score (nSPS) is 11.9. The van der Waals surface area contributed by atoms with Crippen LogP contribution in [0.5, 0.6) is 0 Å². The van der Waals surface area contributed by atoms with E-state index in [4.69, 9.17) is 122 Å². The first-order valence-corrected chi connectivity index (χ1v) is 17.2. The molecule has 9 aromatic rings. The second-order valence-corrected chi connectivity index (χ2v) is 14.0. The Morgan fingerprint density at radius 2 is 0.661 bits per heavy atom. The van der Waals surface area contributed by atoms with Crippen molar-refractivity contribution in [1.82, 2.24) is 0 Å². The second-order valence-electron chi connectivity index (χ2n) is 14.0. The molecule has 16 heteroatoms. The molecule has 0 spiro atoms. The fourth-order valence-corrected chi connectivity index (χ4v) is 8.38. The molecule has 0 aliphatic heterocycles. The Morgan fingerprint density at radius 1 is 0.286 bits per heavy atom. The number of hydrogen-bond donors (Lipinski definition) is 0. The Labute approximate surface area is 344 Å². The number of benzene rings is 8. The second kappa shape index (κ2) is 12.8. The van der Waals surface area contributed by atoms with Crippen LogP contribution in [0.25, 0.3) is 87.3 Å².